The summed E-state index contributed by atoms with van der Waals surface area (Å²) in [6.07, 6.45) is 4.45. The van der Waals surface area contributed by atoms with Crippen LogP contribution < -0.4 is 4.90 Å². The van der Waals surface area contributed by atoms with Crippen molar-refractivity contribution < 1.29 is 9.18 Å². The molecule has 0 aromatic heterocycles. The van der Waals surface area contributed by atoms with Crippen molar-refractivity contribution in [1.82, 2.24) is 4.90 Å². The van der Waals surface area contributed by atoms with Gasteiger partial charge in [-0.05, 0) is 44.5 Å². The van der Waals surface area contributed by atoms with Crippen molar-refractivity contribution in [3.05, 3.63) is 29.6 Å². The summed E-state index contributed by atoms with van der Waals surface area (Å²) in [5.74, 6) is -0.286. The molecule has 2 aliphatic rings. The lowest BCUT2D eigenvalue weighted by molar-refractivity contribution is 0.112. The van der Waals surface area contributed by atoms with Crippen molar-refractivity contribution in [3.63, 3.8) is 0 Å². The second-order valence-corrected chi connectivity index (χ2v) is 5.97. The van der Waals surface area contributed by atoms with Crippen LogP contribution in [0.1, 0.15) is 36.5 Å². The first-order valence-electron chi connectivity index (χ1n) is 7.44. The standard InChI is InChI=1S/C16H21FN2O/c1-12-9-18-7-3-2-4-14(18)10-19(12)16-6-5-13(11-20)8-15(16)17/h5-6,8,11-12,14H,2-4,7,9-10H2,1H3. The molecule has 1 aromatic rings. The van der Waals surface area contributed by atoms with Gasteiger partial charge >= 0.3 is 0 Å². The van der Waals surface area contributed by atoms with E-state index in [-0.39, 0.29) is 5.82 Å². The van der Waals surface area contributed by atoms with Gasteiger partial charge in [-0.3, -0.25) is 9.69 Å². The highest BCUT2D eigenvalue weighted by molar-refractivity contribution is 5.76. The number of rotatable bonds is 2. The van der Waals surface area contributed by atoms with Crippen LogP contribution in [-0.2, 0) is 0 Å². The SMILES string of the molecule is CC1CN2CCCCC2CN1c1ccc(C=O)cc1F. The van der Waals surface area contributed by atoms with Crippen LogP contribution in [0.15, 0.2) is 18.2 Å². The topological polar surface area (TPSA) is 23.6 Å². The van der Waals surface area contributed by atoms with Crippen molar-refractivity contribution >= 4 is 12.0 Å². The molecule has 2 fully saturated rings. The van der Waals surface area contributed by atoms with Crippen LogP contribution in [0.5, 0.6) is 0 Å². The second-order valence-electron chi connectivity index (χ2n) is 5.97. The van der Waals surface area contributed by atoms with Crippen LogP contribution in [0.2, 0.25) is 0 Å². The van der Waals surface area contributed by atoms with Gasteiger partial charge < -0.3 is 4.90 Å². The highest BCUT2D eigenvalue weighted by Gasteiger charge is 2.33. The van der Waals surface area contributed by atoms with Gasteiger partial charge in [-0.2, -0.15) is 0 Å². The van der Waals surface area contributed by atoms with E-state index in [0.29, 0.717) is 29.6 Å². The van der Waals surface area contributed by atoms with Crippen molar-refractivity contribution in [3.8, 4) is 0 Å². The number of anilines is 1. The summed E-state index contributed by atoms with van der Waals surface area (Å²) in [4.78, 5) is 15.4. The van der Waals surface area contributed by atoms with Gasteiger partial charge in [-0.15, -0.1) is 0 Å². The highest BCUT2D eigenvalue weighted by Crippen LogP contribution is 2.29. The zero-order chi connectivity index (χ0) is 14.1. The lowest BCUT2D eigenvalue weighted by Crippen LogP contribution is -2.59. The van der Waals surface area contributed by atoms with E-state index in [0.717, 1.165) is 13.1 Å². The van der Waals surface area contributed by atoms with Crippen LogP contribution in [0.4, 0.5) is 10.1 Å². The molecular weight excluding hydrogens is 255 g/mol. The summed E-state index contributed by atoms with van der Waals surface area (Å²) in [5.41, 5.74) is 1.03. The van der Waals surface area contributed by atoms with Crippen molar-refractivity contribution in [2.24, 2.45) is 0 Å². The zero-order valence-corrected chi connectivity index (χ0v) is 11.9. The Morgan fingerprint density at radius 2 is 2.15 bits per heavy atom. The number of piperazine rings is 1. The van der Waals surface area contributed by atoms with Gasteiger partial charge in [0.05, 0.1) is 5.69 Å². The van der Waals surface area contributed by atoms with Crippen LogP contribution in [0.25, 0.3) is 0 Å². The normalized spacial score (nSPS) is 27.2. The third kappa shape index (κ3) is 2.44. The number of fused-ring (bicyclic) bond motifs is 1. The number of nitrogens with zero attached hydrogens (tertiary/aromatic N) is 2. The van der Waals surface area contributed by atoms with E-state index in [1.807, 2.05) is 0 Å². The van der Waals surface area contributed by atoms with Gasteiger partial charge in [0.15, 0.2) is 0 Å². The van der Waals surface area contributed by atoms with E-state index in [1.165, 1.54) is 31.9 Å². The fraction of sp³-hybridized carbons (Fsp3) is 0.562. The van der Waals surface area contributed by atoms with E-state index < -0.39 is 0 Å². The predicted octanol–water partition coefficient (Wildman–Crippen LogP) is 2.70. The van der Waals surface area contributed by atoms with Crippen LogP contribution >= 0.6 is 0 Å². The van der Waals surface area contributed by atoms with E-state index in [2.05, 4.69) is 16.7 Å². The summed E-state index contributed by atoms with van der Waals surface area (Å²) < 4.78 is 14.2. The van der Waals surface area contributed by atoms with Gasteiger partial charge in [0.25, 0.3) is 0 Å². The van der Waals surface area contributed by atoms with Crippen molar-refractivity contribution in [2.45, 2.75) is 38.3 Å². The number of hydrogen-bond donors (Lipinski definition) is 0. The first kappa shape index (κ1) is 13.6. The Hall–Kier alpha value is -1.42. The molecule has 2 heterocycles. The molecule has 0 aliphatic carbocycles. The Morgan fingerprint density at radius 3 is 2.90 bits per heavy atom. The Labute approximate surface area is 119 Å². The number of carbonyl (C=O) groups is 1. The molecule has 0 saturated carbocycles. The van der Waals surface area contributed by atoms with E-state index in [1.54, 1.807) is 12.1 Å². The Balaban J connectivity index is 1.84. The minimum Gasteiger partial charge on any atom is -0.364 e. The van der Waals surface area contributed by atoms with Crippen LogP contribution in [0.3, 0.4) is 0 Å². The van der Waals surface area contributed by atoms with Crippen LogP contribution in [-0.4, -0.2) is 42.9 Å². The minimum absolute atomic E-state index is 0.286. The molecule has 0 amide bonds. The lowest BCUT2D eigenvalue weighted by atomic mass is 9.96. The molecule has 20 heavy (non-hydrogen) atoms. The molecular formula is C16H21FN2O. The number of piperidine rings is 1. The quantitative estimate of drug-likeness (QED) is 0.776. The molecule has 0 spiro atoms. The number of halogens is 1. The molecule has 0 N–H and O–H groups in total. The third-order valence-electron chi connectivity index (χ3n) is 4.60. The Bertz CT molecular complexity index is 505. The minimum atomic E-state index is -0.286. The Kier molecular flexibility index (Phi) is 3.74. The molecule has 0 bridgehead atoms. The van der Waals surface area contributed by atoms with Gasteiger partial charge in [0.2, 0.25) is 0 Å². The summed E-state index contributed by atoms with van der Waals surface area (Å²) in [6.45, 7) is 5.21. The highest BCUT2D eigenvalue weighted by atomic mass is 19.1. The smallest absolute Gasteiger partial charge is 0.150 e. The van der Waals surface area contributed by atoms with Gasteiger partial charge in [-0.1, -0.05) is 6.42 Å². The van der Waals surface area contributed by atoms with Gasteiger partial charge in [-0.25, -0.2) is 4.39 Å². The van der Waals surface area contributed by atoms with Gasteiger partial charge in [0.1, 0.15) is 12.1 Å². The zero-order valence-electron chi connectivity index (χ0n) is 11.9. The molecule has 2 atom stereocenters. The largest absolute Gasteiger partial charge is 0.364 e. The first-order valence-corrected chi connectivity index (χ1v) is 7.44. The summed E-state index contributed by atoms with van der Waals surface area (Å²) in [6, 6.07) is 5.63. The molecule has 1 aromatic carbocycles. The summed E-state index contributed by atoms with van der Waals surface area (Å²) >= 11 is 0. The average Bonchev–Trinajstić information content (AvgIpc) is 2.46. The molecule has 2 unspecified atom stereocenters. The monoisotopic (exact) mass is 276 g/mol. The van der Waals surface area contributed by atoms with Crippen LogP contribution in [0, 0.1) is 5.82 Å². The van der Waals surface area contributed by atoms with Gasteiger partial charge in [0, 0.05) is 30.7 Å². The molecule has 3 nitrogen and oxygen atoms in total. The van der Waals surface area contributed by atoms with E-state index in [9.17, 15) is 9.18 Å². The maximum Gasteiger partial charge on any atom is 0.150 e. The fourth-order valence-corrected chi connectivity index (χ4v) is 3.52. The maximum absolute atomic E-state index is 14.2. The number of carbonyl (C=O) groups excluding carboxylic acids is 1. The van der Waals surface area contributed by atoms with E-state index >= 15 is 0 Å². The number of benzene rings is 1. The first-order chi connectivity index (χ1) is 9.69. The average molecular weight is 276 g/mol. The van der Waals surface area contributed by atoms with E-state index in [4.69, 9.17) is 0 Å². The number of aldehydes is 1. The summed E-state index contributed by atoms with van der Waals surface area (Å²) in [5, 5.41) is 0. The fourth-order valence-electron chi connectivity index (χ4n) is 3.52. The lowest BCUT2D eigenvalue weighted by Gasteiger charge is -2.48. The molecule has 2 aliphatic heterocycles. The summed E-state index contributed by atoms with van der Waals surface area (Å²) in [7, 11) is 0. The third-order valence-corrected chi connectivity index (χ3v) is 4.60. The molecule has 2 saturated heterocycles. The van der Waals surface area contributed by atoms with Crippen molar-refractivity contribution in [2.75, 3.05) is 24.5 Å². The molecule has 108 valence electrons. The second kappa shape index (κ2) is 5.52. The number of hydrogen-bond acceptors (Lipinski definition) is 3. The maximum atomic E-state index is 14.2. The molecule has 3 rings (SSSR count). The molecule has 4 heteroatoms. The Morgan fingerprint density at radius 1 is 1.30 bits per heavy atom. The predicted molar refractivity (Wildman–Crippen MR) is 77.8 cm³/mol. The van der Waals surface area contributed by atoms with Crippen molar-refractivity contribution in [1.29, 1.82) is 0 Å². The molecule has 0 radical (unpaired) electrons.